The normalized spacial score (nSPS) is 10.5. The Morgan fingerprint density at radius 1 is 1.25 bits per heavy atom. The Morgan fingerprint density at radius 3 is 2.71 bits per heavy atom. The Bertz CT molecular complexity index is 1060. The lowest BCUT2D eigenvalue weighted by Gasteiger charge is -2.10. The van der Waals surface area contributed by atoms with Crippen molar-refractivity contribution in [1.82, 2.24) is 14.8 Å². The summed E-state index contributed by atoms with van der Waals surface area (Å²) in [5.41, 5.74) is 1.11. The number of hydrogen-bond acceptors (Lipinski definition) is 7. The monoisotopic (exact) mass is 398 g/mol. The quantitative estimate of drug-likeness (QED) is 0.640. The predicted octanol–water partition coefficient (Wildman–Crippen LogP) is 2.36. The van der Waals surface area contributed by atoms with Gasteiger partial charge in [0.25, 0.3) is 5.91 Å². The molecule has 9 heteroatoms. The van der Waals surface area contributed by atoms with Crippen LogP contribution in [-0.2, 0) is 16.0 Å². The highest BCUT2D eigenvalue weighted by Crippen LogP contribution is 2.17. The molecule has 0 saturated carbocycles. The van der Waals surface area contributed by atoms with Gasteiger partial charge in [0.1, 0.15) is 0 Å². The molecule has 0 aliphatic heterocycles. The van der Waals surface area contributed by atoms with E-state index in [0.717, 1.165) is 17.0 Å². The minimum atomic E-state index is -0.660. The molecule has 28 heavy (non-hydrogen) atoms. The van der Waals surface area contributed by atoms with E-state index in [0.29, 0.717) is 18.0 Å². The second kappa shape index (κ2) is 8.57. The topological polar surface area (TPSA) is 103 Å². The summed E-state index contributed by atoms with van der Waals surface area (Å²) < 4.78 is 6.40. The van der Waals surface area contributed by atoms with Crippen molar-refractivity contribution in [3.8, 4) is 5.69 Å². The minimum Gasteiger partial charge on any atom is -0.466 e. The van der Waals surface area contributed by atoms with E-state index in [2.05, 4.69) is 15.4 Å². The fourth-order valence-electron chi connectivity index (χ4n) is 2.50. The van der Waals surface area contributed by atoms with Crippen LogP contribution in [0.25, 0.3) is 5.69 Å². The molecule has 144 valence electrons. The summed E-state index contributed by atoms with van der Waals surface area (Å²) in [7, 11) is 0. The molecule has 0 bridgehead atoms. The van der Waals surface area contributed by atoms with Gasteiger partial charge in [-0.25, -0.2) is 9.67 Å². The summed E-state index contributed by atoms with van der Waals surface area (Å²) >= 11 is 1.15. The van der Waals surface area contributed by atoms with Crippen LogP contribution in [0.2, 0.25) is 0 Å². The lowest BCUT2D eigenvalue weighted by atomic mass is 10.2. The number of ether oxygens (including phenoxy) is 1. The number of aromatic nitrogens is 3. The molecule has 2 heterocycles. The highest BCUT2D eigenvalue weighted by atomic mass is 32.1. The highest BCUT2D eigenvalue weighted by molar-refractivity contribution is 7.14. The summed E-state index contributed by atoms with van der Waals surface area (Å²) in [6.07, 6.45) is 0.0177. The van der Waals surface area contributed by atoms with Gasteiger partial charge in [0.05, 0.1) is 24.4 Å². The van der Waals surface area contributed by atoms with Crippen LogP contribution in [0.5, 0.6) is 0 Å². The summed E-state index contributed by atoms with van der Waals surface area (Å²) in [5.74, 6) is -1.05. The molecular formula is C19H18N4O4S. The number of anilines is 1. The van der Waals surface area contributed by atoms with E-state index in [-0.39, 0.29) is 17.2 Å². The van der Waals surface area contributed by atoms with Gasteiger partial charge in [-0.05, 0) is 26.0 Å². The smallest absolute Gasteiger partial charge is 0.311 e. The number of nitrogens with one attached hydrogen (secondary N) is 1. The van der Waals surface area contributed by atoms with Gasteiger partial charge in [-0.15, -0.1) is 11.3 Å². The van der Waals surface area contributed by atoms with Crippen LogP contribution in [-0.4, -0.2) is 33.2 Å². The van der Waals surface area contributed by atoms with E-state index in [1.54, 1.807) is 19.2 Å². The number of esters is 1. The number of nitrogens with zero attached hydrogens (tertiary/aromatic N) is 3. The third-order valence-corrected chi connectivity index (χ3v) is 4.53. The van der Waals surface area contributed by atoms with Crippen LogP contribution in [0.3, 0.4) is 0 Å². The van der Waals surface area contributed by atoms with Crippen molar-refractivity contribution in [2.75, 3.05) is 11.9 Å². The Labute approximate surface area is 164 Å². The number of rotatable bonds is 6. The molecule has 0 spiro atoms. The number of carbonyl (C=O) groups is 2. The molecule has 3 rings (SSSR count). The maximum absolute atomic E-state index is 12.6. The standard InChI is InChI=1S/C19H18N4O4S/c1-3-27-16(25)10-13-11-28-19(20-13)21-18(26)17-15(24)9-12(2)23(22-17)14-7-5-4-6-8-14/h4-9,11H,3,10H2,1-2H3,(H,20,21,26). The van der Waals surface area contributed by atoms with Gasteiger partial charge in [0, 0.05) is 17.1 Å². The molecule has 2 aromatic heterocycles. The van der Waals surface area contributed by atoms with E-state index < -0.39 is 17.3 Å². The number of amides is 1. The molecule has 1 N–H and O–H groups in total. The van der Waals surface area contributed by atoms with Gasteiger partial charge in [-0.3, -0.25) is 19.7 Å². The maximum Gasteiger partial charge on any atom is 0.311 e. The number of hydrogen-bond donors (Lipinski definition) is 1. The van der Waals surface area contributed by atoms with Crippen molar-refractivity contribution in [3.05, 3.63) is 69.1 Å². The van der Waals surface area contributed by atoms with Gasteiger partial charge in [-0.1, -0.05) is 18.2 Å². The molecule has 0 atom stereocenters. The molecule has 8 nitrogen and oxygen atoms in total. The zero-order chi connectivity index (χ0) is 20.1. The Kier molecular flexibility index (Phi) is 5.95. The SMILES string of the molecule is CCOC(=O)Cc1csc(NC(=O)c2nn(-c3ccccc3)c(C)cc2=O)n1. The van der Waals surface area contributed by atoms with Crippen molar-refractivity contribution < 1.29 is 14.3 Å². The van der Waals surface area contributed by atoms with E-state index >= 15 is 0 Å². The molecule has 1 amide bonds. The maximum atomic E-state index is 12.6. The first kappa shape index (κ1) is 19.4. The van der Waals surface area contributed by atoms with Crippen LogP contribution < -0.4 is 10.7 Å². The Balaban J connectivity index is 1.81. The molecule has 0 saturated heterocycles. The van der Waals surface area contributed by atoms with Crippen molar-refractivity contribution in [3.63, 3.8) is 0 Å². The number of carbonyl (C=O) groups excluding carboxylic acids is 2. The van der Waals surface area contributed by atoms with Gasteiger partial charge in [0.2, 0.25) is 5.43 Å². The molecule has 3 aromatic rings. The lowest BCUT2D eigenvalue weighted by Crippen LogP contribution is -2.26. The molecule has 0 fully saturated rings. The van der Waals surface area contributed by atoms with Crippen molar-refractivity contribution in [1.29, 1.82) is 0 Å². The largest absolute Gasteiger partial charge is 0.466 e. The third-order valence-electron chi connectivity index (χ3n) is 3.73. The Morgan fingerprint density at radius 2 is 2.00 bits per heavy atom. The Hall–Kier alpha value is -3.33. The van der Waals surface area contributed by atoms with Crippen LogP contribution in [0.4, 0.5) is 5.13 Å². The fourth-order valence-corrected chi connectivity index (χ4v) is 3.20. The molecular weight excluding hydrogens is 380 g/mol. The van der Waals surface area contributed by atoms with Crippen molar-refractivity contribution in [2.45, 2.75) is 20.3 Å². The molecule has 0 aliphatic carbocycles. The summed E-state index contributed by atoms with van der Waals surface area (Å²) in [5, 5.41) is 8.70. The molecule has 0 unspecified atom stereocenters. The van der Waals surface area contributed by atoms with Crippen molar-refractivity contribution >= 4 is 28.3 Å². The lowest BCUT2D eigenvalue weighted by molar-refractivity contribution is -0.142. The van der Waals surface area contributed by atoms with Gasteiger partial charge in [0.15, 0.2) is 10.8 Å². The van der Waals surface area contributed by atoms with Gasteiger partial charge in [-0.2, -0.15) is 5.10 Å². The molecule has 0 radical (unpaired) electrons. The highest BCUT2D eigenvalue weighted by Gasteiger charge is 2.17. The fraction of sp³-hybridized carbons (Fsp3) is 0.211. The van der Waals surface area contributed by atoms with Crippen LogP contribution in [0, 0.1) is 6.92 Å². The van der Waals surface area contributed by atoms with E-state index in [9.17, 15) is 14.4 Å². The number of aryl methyl sites for hydroxylation is 1. The first-order valence-corrected chi connectivity index (χ1v) is 9.43. The summed E-state index contributed by atoms with van der Waals surface area (Å²) in [6, 6.07) is 10.6. The van der Waals surface area contributed by atoms with E-state index in [1.807, 2.05) is 30.3 Å². The first-order chi connectivity index (χ1) is 13.5. The zero-order valence-electron chi connectivity index (χ0n) is 15.3. The van der Waals surface area contributed by atoms with E-state index in [4.69, 9.17) is 4.74 Å². The molecule has 1 aromatic carbocycles. The average Bonchev–Trinajstić information content (AvgIpc) is 3.09. The minimum absolute atomic E-state index is 0.0177. The van der Waals surface area contributed by atoms with Crippen LogP contribution in [0.15, 0.2) is 46.6 Å². The number of thiazole rings is 1. The predicted molar refractivity (Wildman–Crippen MR) is 105 cm³/mol. The summed E-state index contributed by atoms with van der Waals surface area (Å²) in [4.78, 5) is 40.5. The van der Waals surface area contributed by atoms with Crippen LogP contribution in [0.1, 0.15) is 28.8 Å². The second-order valence-electron chi connectivity index (χ2n) is 5.83. The van der Waals surface area contributed by atoms with Gasteiger partial charge < -0.3 is 4.74 Å². The van der Waals surface area contributed by atoms with Crippen molar-refractivity contribution in [2.24, 2.45) is 0 Å². The zero-order valence-corrected chi connectivity index (χ0v) is 16.2. The average molecular weight is 398 g/mol. The molecule has 0 aliphatic rings. The second-order valence-corrected chi connectivity index (χ2v) is 6.68. The third kappa shape index (κ3) is 4.49. The number of benzene rings is 1. The summed E-state index contributed by atoms with van der Waals surface area (Å²) in [6.45, 7) is 3.76. The first-order valence-electron chi connectivity index (χ1n) is 8.55. The van der Waals surface area contributed by atoms with Crippen LogP contribution >= 0.6 is 11.3 Å². The van der Waals surface area contributed by atoms with Gasteiger partial charge >= 0.3 is 5.97 Å². The van der Waals surface area contributed by atoms with E-state index in [1.165, 1.54) is 10.7 Å². The number of para-hydroxylation sites is 1.